The Kier molecular flexibility index (Phi) is 6.92. The zero-order valence-corrected chi connectivity index (χ0v) is 9.40. The van der Waals surface area contributed by atoms with Crippen LogP contribution in [-0.2, 0) is 9.59 Å². The van der Waals surface area contributed by atoms with Gasteiger partial charge in [0.05, 0.1) is 0 Å². The molecule has 0 radical (unpaired) electrons. The Hall–Kier alpha value is -0.930. The number of hydrogen-bond donors (Lipinski definition) is 2. The maximum absolute atomic E-state index is 10.7. The van der Waals surface area contributed by atoms with Gasteiger partial charge in [0.2, 0.25) is 0 Å². The Bertz CT molecular complexity index is 220. The van der Waals surface area contributed by atoms with Crippen molar-refractivity contribution in [2.75, 3.05) is 0 Å². The van der Waals surface area contributed by atoms with Crippen LogP contribution in [-0.4, -0.2) is 37.3 Å². The third-order valence-electron chi connectivity index (χ3n) is 2.70. The van der Waals surface area contributed by atoms with Crippen LogP contribution in [0.5, 0.6) is 0 Å². The molecular weight excluding hydrogens is 194 g/mol. The highest BCUT2D eigenvalue weighted by Crippen LogP contribution is 2.14. The first kappa shape index (κ1) is 14.1. The van der Waals surface area contributed by atoms with E-state index < -0.39 is 11.9 Å². The van der Waals surface area contributed by atoms with Crippen molar-refractivity contribution in [3.8, 4) is 0 Å². The van der Waals surface area contributed by atoms with E-state index in [9.17, 15) is 9.59 Å². The highest BCUT2D eigenvalue weighted by atomic mass is 16.4. The van der Waals surface area contributed by atoms with Crippen LogP contribution in [0.15, 0.2) is 0 Å². The Morgan fingerprint density at radius 3 is 2.33 bits per heavy atom. The molecule has 6 heteroatoms. The Morgan fingerprint density at radius 2 is 1.93 bits per heavy atom. The predicted octanol–water partition coefficient (Wildman–Crippen LogP) is 0.267. The van der Waals surface area contributed by atoms with Crippen LogP contribution in [0.1, 0.15) is 19.8 Å². The van der Waals surface area contributed by atoms with E-state index in [1.54, 1.807) is 6.92 Å². The Morgan fingerprint density at radius 1 is 1.33 bits per heavy atom. The first-order valence-electron chi connectivity index (χ1n) is 5.44. The van der Waals surface area contributed by atoms with Crippen molar-refractivity contribution in [2.45, 2.75) is 38.2 Å². The van der Waals surface area contributed by atoms with Gasteiger partial charge < -0.3 is 10.2 Å². The largest absolute Gasteiger partial charge is 0.482 e. The van der Waals surface area contributed by atoms with Gasteiger partial charge in [0.15, 0.2) is 0 Å². The number of aliphatic carboxylic acids is 2. The average molecular weight is 212 g/mol. The first-order valence-corrected chi connectivity index (χ1v) is 5.44. The summed E-state index contributed by atoms with van der Waals surface area (Å²) in [5.74, 6) is -2.12. The maximum atomic E-state index is 10.7. The number of hydrogen-bond acceptors (Lipinski definition) is 2. The van der Waals surface area contributed by atoms with E-state index in [4.69, 9.17) is 10.2 Å². The highest BCUT2D eigenvalue weighted by molar-refractivity contribution is 6.43. The second kappa shape index (κ2) is 7.37. The van der Waals surface area contributed by atoms with Crippen molar-refractivity contribution in [1.29, 1.82) is 0 Å². The second-order valence-corrected chi connectivity index (χ2v) is 3.97. The van der Waals surface area contributed by atoms with E-state index in [0.717, 1.165) is 12.7 Å². The molecule has 0 heterocycles. The van der Waals surface area contributed by atoms with Gasteiger partial charge in [-0.2, -0.15) is 0 Å². The maximum Gasteiger partial charge on any atom is 0.305 e. The van der Waals surface area contributed by atoms with Gasteiger partial charge in [-0.15, -0.1) is 0 Å². The van der Waals surface area contributed by atoms with Crippen molar-refractivity contribution in [2.24, 2.45) is 5.92 Å². The quantitative estimate of drug-likeness (QED) is 0.447. The summed E-state index contributed by atoms with van der Waals surface area (Å²) in [6.07, 6.45) is 2.88. The Labute approximate surface area is 91.7 Å². The topological polar surface area (TPSA) is 74.6 Å². The van der Waals surface area contributed by atoms with Gasteiger partial charge in [-0.05, 0) is 6.42 Å². The number of rotatable bonds is 8. The van der Waals surface area contributed by atoms with Crippen LogP contribution in [0.25, 0.3) is 0 Å². The lowest BCUT2D eigenvalue weighted by Crippen LogP contribution is -2.14. The van der Waals surface area contributed by atoms with Crippen LogP contribution >= 0.6 is 0 Å². The van der Waals surface area contributed by atoms with E-state index in [0.29, 0.717) is 20.0 Å². The lowest BCUT2D eigenvalue weighted by molar-refractivity contribution is -0.141. The summed E-state index contributed by atoms with van der Waals surface area (Å²) in [6, 6.07) is 0. The minimum Gasteiger partial charge on any atom is -0.482 e. The van der Waals surface area contributed by atoms with Crippen molar-refractivity contribution < 1.29 is 19.8 Å². The third kappa shape index (κ3) is 6.20. The second-order valence-electron chi connectivity index (χ2n) is 3.97. The molecular formula is C9H18B2O4. The van der Waals surface area contributed by atoms with Crippen molar-refractivity contribution in [1.82, 2.24) is 0 Å². The lowest BCUT2D eigenvalue weighted by atomic mass is 9.61. The van der Waals surface area contributed by atoms with Crippen LogP contribution in [0, 0.1) is 5.92 Å². The standard InChI is InChI=1S/C9H18B2O4/c1-6(8(12)13)11-4-2-3-7(5-10)9(14)15/h6-7,11H,2-5,10H2,1H3,(H,12,13)(H,14,15). The molecule has 15 heavy (non-hydrogen) atoms. The predicted molar refractivity (Wildman–Crippen MR) is 62.7 cm³/mol. The fraction of sp³-hybridized carbons (Fsp3) is 0.778. The summed E-state index contributed by atoms with van der Waals surface area (Å²) in [6.45, 7) is 1.68. The van der Waals surface area contributed by atoms with Crippen LogP contribution in [0.2, 0.25) is 18.5 Å². The first-order chi connectivity index (χ1) is 6.99. The minimum atomic E-state index is -0.778. The number of carbonyl (C=O) groups is 2. The van der Waals surface area contributed by atoms with Gasteiger partial charge in [0.25, 0.3) is 5.97 Å². The van der Waals surface area contributed by atoms with Crippen molar-refractivity contribution in [3.63, 3.8) is 0 Å². The third-order valence-corrected chi connectivity index (χ3v) is 2.70. The summed E-state index contributed by atoms with van der Waals surface area (Å²) >= 11 is 0. The van der Waals surface area contributed by atoms with Crippen LogP contribution in [0.3, 0.4) is 0 Å². The molecule has 0 aliphatic carbocycles. The molecule has 0 saturated heterocycles. The zero-order valence-electron chi connectivity index (χ0n) is 9.40. The molecule has 0 aromatic rings. The summed E-state index contributed by atoms with van der Waals surface area (Å²) in [4.78, 5) is 21.2. The van der Waals surface area contributed by atoms with Gasteiger partial charge >= 0.3 is 5.97 Å². The molecule has 4 nitrogen and oxygen atoms in total. The number of carboxylic acid groups (broad SMARTS) is 2. The molecule has 0 rings (SSSR count). The zero-order chi connectivity index (χ0) is 11.8. The monoisotopic (exact) mass is 212 g/mol. The van der Waals surface area contributed by atoms with Crippen LogP contribution in [0.4, 0.5) is 0 Å². The summed E-state index contributed by atoms with van der Waals surface area (Å²) in [7, 11) is 2.49. The highest BCUT2D eigenvalue weighted by Gasteiger charge is 2.16. The van der Waals surface area contributed by atoms with Gasteiger partial charge in [-0.3, -0.25) is 9.59 Å². The van der Waals surface area contributed by atoms with Crippen molar-refractivity contribution >= 4 is 27.1 Å². The SMILES string of the molecule is BCC(CCCBC(C)C(=O)O)C(=O)O. The molecule has 0 aromatic carbocycles. The molecule has 0 aromatic heterocycles. The van der Waals surface area contributed by atoms with Gasteiger partial charge in [0.1, 0.15) is 15.1 Å². The van der Waals surface area contributed by atoms with Crippen LogP contribution < -0.4 is 0 Å². The van der Waals surface area contributed by atoms with Gasteiger partial charge in [-0.25, -0.2) is 0 Å². The van der Waals surface area contributed by atoms with E-state index in [2.05, 4.69) is 0 Å². The molecule has 2 N–H and O–H groups in total. The molecule has 0 fully saturated rings. The van der Waals surface area contributed by atoms with Gasteiger partial charge in [0, 0.05) is 11.7 Å². The molecule has 84 valence electrons. The van der Waals surface area contributed by atoms with E-state index in [1.165, 1.54) is 0 Å². The van der Waals surface area contributed by atoms with E-state index in [-0.39, 0.29) is 11.7 Å². The summed E-state index contributed by atoms with van der Waals surface area (Å²) in [5, 5.41) is 17.4. The molecule has 0 bridgehead atoms. The smallest absolute Gasteiger partial charge is 0.305 e. The Balaban J connectivity index is 3.61. The number of carboxylic acids is 2. The molecule has 0 saturated carbocycles. The van der Waals surface area contributed by atoms with E-state index in [1.807, 2.05) is 7.85 Å². The van der Waals surface area contributed by atoms with Crippen molar-refractivity contribution in [3.05, 3.63) is 0 Å². The average Bonchev–Trinajstić information content (AvgIpc) is 2.16. The lowest BCUT2D eigenvalue weighted by Gasteiger charge is -2.09. The molecule has 0 aliphatic rings. The molecule has 2 unspecified atom stereocenters. The van der Waals surface area contributed by atoms with Gasteiger partial charge in [-0.1, -0.05) is 26.0 Å². The molecule has 0 aliphatic heterocycles. The molecule has 0 amide bonds. The summed E-state index contributed by atoms with van der Waals surface area (Å²) in [5.41, 5.74) is 0. The normalized spacial score (nSPS) is 14.2. The minimum absolute atomic E-state index is 0.273. The fourth-order valence-electron chi connectivity index (χ4n) is 1.47. The van der Waals surface area contributed by atoms with E-state index >= 15 is 0 Å². The molecule has 2 atom stereocenters. The fourth-order valence-corrected chi connectivity index (χ4v) is 1.47. The molecule has 0 spiro atoms. The summed E-state index contributed by atoms with van der Waals surface area (Å²) < 4.78 is 0.